The minimum Gasteiger partial charge on any atom is -0.311 e. The average molecular weight is 325 g/mol. The van der Waals surface area contributed by atoms with E-state index in [-0.39, 0.29) is 5.91 Å². The SMILES string of the molecule is Cc1nc(NC(=O)CCC2CCCCC2)ccc1Br. The molecule has 1 amide bonds. The lowest BCUT2D eigenvalue weighted by molar-refractivity contribution is -0.116. The molecule has 0 radical (unpaired) electrons. The first-order valence-electron chi connectivity index (χ1n) is 7.08. The lowest BCUT2D eigenvalue weighted by Gasteiger charge is -2.20. The minimum atomic E-state index is 0.0831. The van der Waals surface area contributed by atoms with Crippen LogP contribution in [-0.4, -0.2) is 10.9 Å². The summed E-state index contributed by atoms with van der Waals surface area (Å²) in [6, 6.07) is 3.74. The summed E-state index contributed by atoms with van der Waals surface area (Å²) in [7, 11) is 0. The summed E-state index contributed by atoms with van der Waals surface area (Å²) < 4.78 is 0.965. The smallest absolute Gasteiger partial charge is 0.225 e. The normalized spacial score (nSPS) is 16.3. The lowest BCUT2D eigenvalue weighted by Crippen LogP contribution is -2.15. The molecule has 0 bridgehead atoms. The van der Waals surface area contributed by atoms with E-state index >= 15 is 0 Å². The van der Waals surface area contributed by atoms with Gasteiger partial charge in [0, 0.05) is 10.9 Å². The van der Waals surface area contributed by atoms with Crippen LogP contribution in [0.15, 0.2) is 16.6 Å². The van der Waals surface area contributed by atoms with Crippen molar-refractivity contribution < 1.29 is 4.79 Å². The molecule has 19 heavy (non-hydrogen) atoms. The molecule has 0 unspecified atom stereocenters. The predicted molar refractivity (Wildman–Crippen MR) is 81.1 cm³/mol. The van der Waals surface area contributed by atoms with Crippen molar-refractivity contribution in [3.63, 3.8) is 0 Å². The molecule has 1 N–H and O–H groups in total. The van der Waals surface area contributed by atoms with E-state index in [2.05, 4.69) is 26.2 Å². The Kier molecular flexibility index (Phi) is 5.37. The summed E-state index contributed by atoms with van der Waals surface area (Å²) in [5, 5.41) is 2.88. The number of amides is 1. The van der Waals surface area contributed by atoms with Crippen molar-refractivity contribution in [3.05, 3.63) is 22.3 Å². The van der Waals surface area contributed by atoms with Crippen molar-refractivity contribution in [2.24, 2.45) is 5.92 Å². The van der Waals surface area contributed by atoms with Crippen LogP contribution in [0, 0.1) is 12.8 Å². The van der Waals surface area contributed by atoms with E-state index in [9.17, 15) is 4.79 Å². The number of anilines is 1. The molecule has 0 aromatic carbocycles. The molecular formula is C15H21BrN2O. The Balaban J connectivity index is 1.78. The van der Waals surface area contributed by atoms with Gasteiger partial charge < -0.3 is 5.32 Å². The second-order valence-electron chi connectivity index (χ2n) is 5.35. The second-order valence-corrected chi connectivity index (χ2v) is 6.21. The number of halogens is 1. The highest BCUT2D eigenvalue weighted by molar-refractivity contribution is 9.10. The number of carbonyl (C=O) groups is 1. The van der Waals surface area contributed by atoms with Crippen LogP contribution in [0.1, 0.15) is 50.6 Å². The highest BCUT2D eigenvalue weighted by Gasteiger charge is 2.15. The van der Waals surface area contributed by atoms with Gasteiger partial charge in [0.25, 0.3) is 0 Å². The van der Waals surface area contributed by atoms with Crippen molar-refractivity contribution >= 4 is 27.7 Å². The molecule has 1 saturated carbocycles. The number of hydrogen-bond donors (Lipinski definition) is 1. The van der Waals surface area contributed by atoms with E-state index in [1.807, 2.05) is 19.1 Å². The van der Waals surface area contributed by atoms with Gasteiger partial charge in [-0.3, -0.25) is 4.79 Å². The Bertz CT molecular complexity index is 442. The van der Waals surface area contributed by atoms with Crippen LogP contribution in [-0.2, 0) is 4.79 Å². The molecule has 1 aliphatic rings. The van der Waals surface area contributed by atoms with Gasteiger partial charge in [-0.25, -0.2) is 4.98 Å². The van der Waals surface area contributed by atoms with Crippen molar-refractivity contribution in [1.82, 2.24) is 4.98 Å². The highest BCUT2D eigenvalue weighted by Crippen LogP contribution is 2.27. The fraction of sp³-hybridized carbons (Fsp3) is 0.600. The molecule has 0 aliphatic heterocycles. The van der Waals surface area contributed by atoms with Gasteiger partial charge in [0.2, 0.25) is 5.91 Å². The second kappa shape index (κ2) is 7.04. The molecule has 0 atom stereocenters. The molecule has 1 fully saturated rings. The maximum atomic E-state index is 11.9. The monoisotopic (exact) mass is 324 g/mol. The van der Waals surface area contributed by atoms with E-state index in [4.69, 9.17) is 0 Å². The van der Waals surface area contributed by atoms with E-state index in [0.29, 0.717) is 12.2 Å². The Labute approximate surface area is 123 Å². The van der Waals surface area contributed by atoms with Gasteiger partial charge in [-0.1, -0.05) is 32.1 Å². The first-order valence-corrected chi connectivity index (χ1v) is 7.87. The average Bonchev–Trinajstić information content (AvgIpc) is 2.42. The Hall–Kier alpha value is -0.900. The minimum absolute atomic E-state index is 0.0831. The Morgan fingerprint density at radius 1 is 1.37 bits per heavy atom. The summed E-state index contributed by atoms with van der Waals surface area (Å²) in [6.45, 7) is 1.92. The van der Waals surface area contributed by atoms with Crippen LogP contribution in [0.25, 0.3) is 0 Å². The van der Waals surface area contributed by atoms with Gasteiger partial charge in [0.15, 0.2) is 0 Å². The number of pyridine rings is 1. The molecule has 0 saturated heterocycles. The van der Waals surface area contributed by atoms with Gasteiger partial charge in [-0.05, 0) is 47.3 Å². The van der Waals surface area contributed by atoms with Gasteiger partial charge in [0.1, 0.15) is 5.82 Å². The molecule has 104 valence electrons. The fourth-order valence-electron chi connectivity index (χ4n) is 2.63. The number of hydrogen-bond acceptors (Lipinski definition) is 2. The first-order chi connectivity index (χ1) is 9.15. The Morgan fingerprint density at radius 2 is 2.11 bits per heavy atom. The summed E-state index contributed by atoms with van der Waals surface area (Å²) in [5.41, 5.74) is 0.894. The number of nitrogens with zero attached hydrogens (tertiary/aromatic N) is 1. The molecule has 0 spiro atoms. The number of aryl methyl sites for hydroxylation is 1. The molecule has 3 nitrogen and oxygen atoms in total. The molecular weight excluding hydrogens is 304 g/mol. The van der Waals surface area contributed by atoms with Crippen molar-refractivity contribution in [2.45, 2.75) is 51.9 Å². The maximum absolute atomic E-state index is 11.9. The third-order valence-electron chi connectivity index (χ3n) is 3.79. The number of aromatic nitrogens is 1. The van der Waals surface area contributed by atoms with Crippen molar-refractivity contribution in [3.8, 4) is 0 Å². The van der Waals surface area contributed by atoms with Crippen LogP contribution in [0.4, 0.5) is 5.82 Å². The fourth-order valence-corrected chi connectivity index (χ4v) is 2.85. The van der Waals surface area contributed by atoms with Crippen molar-refractivity contribution in [1.29, 1.82) is 0 Å². The van der Waals surface area contributed by atoms with Gasteiger partial charge in [-0.15, -0.1) is 0 Å². The Morgan fingerprint density at radius 3 is 2.79 bits per heavy atom. The molecule has 1 aromatic heterocycles. The maximum Gasteiger partial charge on any atom is 0.225 e. The van der Waals surface area contributed by atoms with Crippen LogP contribution >= 0.6 is 15.9 Å². The first kappa shape index (κ1) is 14.5. The summed E-state index contributed by atoms with van der Waals surface area (Å²) >= 11 is 3.40. The lowest BCUT2D eigenvalue weighted by atomic mass is 9.86. The zero-order valence-corrected chi connectivity index (χ0v) is 13.0. The number of nitrogens with one attached hydrogen (secondary N) is 1. The van der Waals surface area contributed by atoms with E-state index in [1.54, 1.807) is 0 Å². The van der Waals surface area contributed by atoms with E-state index in [1.165, 1.54) is 32.1 Å². The van der Waals surface area contributed by atoms with Crippen molar-refractivity contribution in [2.75, 3.05) is 5.32 Å². The van der Waals surface area contributed by atoms with Crippen LogP contribution in [0.2, 0.25) is 0 Å². The highest BCUT2D eigenvalue weighted by atomic mass is 79.9. The standard InChI is InChI=1S/C15H21BrN2O/c1-11-13(16)8-9-14(17-11)18-15(19)10-7-12-5-3-2-4-6-12/h8-9,12H,2-7,10H2,1H3,(H,17,18,19). The van der Waals surface area contributed by atoms with Crippen LogP contribution in [0.3, 0.4) is 0 Å². The zero-order valence-electron chi connectivity index (χ0n) is 11.4. The third kappa shape index (κ3) is 4.60. The molecule has 1 heterocycles. The molecule has 4 heteroatoms. The van der Waals surface area contributed by atoms with Crippen LogP contribution < -0.4 is 5.32 Å². The van der Waals surface area contributed by atoms with Gasteiger partial charge in [0.05, 0.1) is 5.69 Å². The largest absolute Gasteiger partial charge is 0.311 e. The van der Waals surface area contributed by atoms with E-state index < -0.39 is 0 Å². The molecule has 1 aliphatic carbocycles. The van der Waals surface area contributed by atoms with E-state index in [0.717, 1.165) is 22.5 Å². The molecule has 1 aromatic rings. The zero-order chi connectivity index (χ0) is 13.7. The number of rotatable bonds is 4. The van der Waals surface area contributed by atoms with Gasteiger partial charge in [-0.2, -0.15) is 0 Å². The summed E-state index contributed by atoms with van der Waals surface area (Å²) in [6.07, 6.45) is 8.25. The molecule has 2 rings (SSSR count). The number of carbonyl (C=O) groups excluding carboxylic acids is 1. The predicted octanol–water partition coefficient (Wildman–Crippen LogP) is 4.45. The topological polar surface area (TPSA) is 42.0 Å². The summed E-state index contributed by atoms with van der Waals surface area (Å²) in [4.78, 5) is 16.2. The quantitative estimate of drug-likeness (QED) is 0.888. The van der Waals surface area contributed by atoms with Crippen LogP contribution in [0.5, 0.6) is 0 Å². The van der Waals surface area contributed by atoms with Gasteiger partial charge >= 0.3 is 0 Å². The summed E-state index contributed by atoms with van der Waals surface area (Å²) in [5.74, 6) is 1.48. The third-order valence-corrected chi connectivity index (χ3v) is 4.63.